The number of nitrogens with zero attached hydrogens (tertiary/aromatic N) is 4. The fourth-order valence-corrected chi connectivity index (χ4v) is 2.75. The van der Waals surface area contributed by atoms with Crippen LogP contribution in [0.15, 0.2) is 4.52 Å². The van der Waals surface area contributed by atoms with Gasteiger partial charge in [-0.25, -0.2) is 0 Å². The van der Waals surface area contributed by atoms with E-state index < -0.39 is 0 Å². The quantitative estimate of drug-likeness (QED) is 0.746. The molecule has 0 spiro atoms. The number of likely N-dealkylation sites (tertiary alicyclic amines) is 1. The average Bonchev–Trinajstić information content (AvgIpc) is 2.97. The molecular weight excluding hydrogens is 300 g/mol. The lowest BCUT2D eigenvalue weighted by Crippen LogP contribution is -2.47. The summed E-state index contributed by atoms with van der Waals surface area (Å²) in [6, 6.07) is 0. The molecule has 1 aromatic heterocycles. The molecule has 0 saturated carbocycles. The third kappa shape index (κ3) is 4.75. The van der Waals surface area contributed by atoms with E-state index in [1.54, 1.807) is 23.8 Å². The van der Waals surface area contributed by atoms with E-state index >= 15 is 0 Å². The van der Waals surface area contributed by atoms with Gasteiger partial charge in [-0.2, -0.15) is 4.98 Å². The minimum absolute atomic E-state index is 0.0557. The molecule has 0 aromatic carbocycles. The van der Waals surface area contributed by atoms with Crippen molar-refractivity contribution in [3.05, 3.63) is 11.7 Å². The predicted octanol–water partition coefficient (Wildman–Crippen LogP) is 0.264. The van der Waals surface area contributed by atoms with Gasteiger partial charge in [-0.05, 0) is 12.8 Å². The number of likely N-dealkylation sites (N-methyl/N-ethyl adjacent to an activating group) is 1. The summed E-state index contributed by atoms with van der Waals surface area (Å²) in [6.45, 7) is 3.48. The number of aromatic nitrogens is 2. The number of hydrogen-bond donors (Lipinski definition) is 0. The maximum atomic E-state index is 12.5. The number of piperidine rings is 1. The summed E-state index contributed by atoms with van der Waals surface area (Å²) in [7, 11) is 3.27. The lowest BCUT2D eigenvalue weighted by Gasteiger charge is -2.33. The molecule has 2 rings (SSSR count). The number of carbonyl (C=O) groups excluding carboxylic acids is 2. The summed E-state index contributed by atoms with van der Waals surface area (Å²) in [4.78, 5) is 32.0. The molecule has 2 amide bonds. The molecule has 0 radical (unpaired) electrons. The molecule has 1 fully saturated rings. The average molecular weight is 324 g/mol. The van der Waals surface area contributed by atoms with Crippen molar-refractivity contribution in [3.63, 3.8) is 0 Å². The second-order valence-electron chi connectivity index (χ2n) is 5.85. The number of methoxy groups -OCH3 is 1. The first-order chi connectivity index (χ1) is 11.0. The van der Waals surface area contributed by atoms with Gasteiger partial charge >= 0.3 is 0 Å². The maximum Gasteiger partial charge on any atom is 0.248 e. The molecule has 1 aliphatic heterocycles. The van der Waals surface area contributed by atoms with Crippen LogP contribution in [-0.2, 0) is 20.7 Å². The fraction of sp³-hybridized carbons (Fsp3) is 0.733. The van der Waals surface area contributed by atoms with Crippen LogP contribution in [-0.4, -0.2) is 72.2 Å². The van der Waals surface area contributed by atoms with Gasteiger partial charge in [-0.1, -0.05) is 5.16 Å². The third-order valence-electron chi connectivity index (χ3n) is 4.01. The van der Waals surface area contributed by atoms with Crippen LogP contribution in [0.5, 0.6) is 0 Å². The number of amides is 2. The molecule has 1 atom stereocenters. The van der Waals surface area contributed by atoms with Crippen LogP contribution in [0.4, 0.5) is 0 Å². The highest BCUT2D eigenvalue weighted by molar-refractivity contribution is 5.81. The molecular formula is C15H24N4O4. The van der Waals surface area contributed by atoms with E-state index in [-0.39, 0.29) is 24.3 Å². The Bertz CT molecular complexity index is 545. The van der Waals surface area contributed by atoms with Gasteiger partial charge in [0.05, 0.1) is 5.92 Å². The van der Waals surface area contributed by atoms with Crippen LogP contribution in [0.25, 0.3) is 0 Å². The molecule has 2 heterocycles. The lowest BCUT2D eigenvalue weighted by molar-refractivity contribution is -0.142. The van der Waals surface area contributed by atoms with E-state index in [9.17, 15) is 9.59 Å². The Morgan fingerprint density at radius 2 is 2.26 bits per heavy atom. The largest absolute Gasteiger partial charge is 0.375 e. The van der Waals surface area contributed by atoms with E-state index in [4.69, 9.17) is 9.26 Å². The molecule has 0 bridgehead atoms. The topological polar surface area (TPSA) is 88.8 Å². The molecule has 8 nitrogen and oxygen atoms in total. The van der Waals surface area contributed by atoms with Crippen molar-refractivity contribution in [1.82, 2.24) is 19.9 Å². The molecule has 1 aromatic rings. The fourth-order valence-electron chi connectivity index (χ4n) is 2.75. The van der Waals surface area contributed by atoms with Crippen molar-refractivity contribution in [2.24, 2.45) is 5.92 Å². The second-order valence-corrected chi connectivity index (χ2v) is 5.85. The summed E-state index contributed by atoms with van der Waals surface area (Å²) in [6.07, 6.45) is 2.20. The van der Waals surface area contributed by atoms with E-state index in [1.807, 2.05) is 0 Å². The standard InChI is InChI=1S/C15H24N4O4/c1-11-16-13(17-23-11)6-8-18(2)15(21)12-5-4-7-19(9-12)14(20)10-22-3/h12H,4-10H2,1-3H3. The smallest absolute Gasteiger partial charge is 0.248 e. The number of hydrogen-bond acceptors (Lipinski definition) is 6. The van der Waals surface area contributed by atoms with Crippen LogP contribution in [0.2, 0.25) is 0 Å². The van der Waals surface area contributed by atoms with E-state index in [0.717, 1.165) is 12.8 Å². The van der Waals surface area contributed by atoms with Crippen LogP contribution in [0.3, 0.4) is 0 Å². The zero-order chi connectivity index (χ0) is 16.8. The van der Waals surface area contributed by atoms with Crippen LogP contribution >= 0.6 is 0 Å². The zero-order valence-electron chi connectivity index (χ0n) is 13.9. The molecule has 1 saturated heterocycles. The van der Waals surface area contributed by atoms with E-state index in [0.29, 0.717) is 37.8 Å². The molecule has 8 heteroatoms. The number of aryl methyl sites for hydroxylation is 1. The zero-order valence-corrected chi connectivity index (χ0v) is 13.9. The predicted molar refractivity (Wildman–Crippen MR) is 81.6 cm³/mol. The molecule has 1 unspecified atom stereocenters. The van der Waals surface area contributed by atoms with E-state index in [1.165, 1.54) is 7.11 Å². The van der Waals surface area contributed by atoms with Crippen molar-refractivity contribution in [2.75, 3.05) is 40.4 Å². The van der Waals surface area contributed by atoms with Crippen LogP contribution < -0.4 is 0 Å². The SMILES string of the molecule is COCC(=O)N1CCCC(C(=O)N(C)CCc2noc(C)n2)C1. The van der Waals surface area contributed by atoms with Gasteiger partial charge in [0.25, 0.3) is 0 Å². The molecule has 0 N–H and O–H groups in total. The van der Waals surface area contributed by atoms with Gasteiger partial charge in [0.15, 0.2) is 5.82 Å². The first-order valence-electron chi connectivity index (χ1n) is 7.82. The summed E-state index contributed by atoms with van der Waals surface area (Å²) in [5.41, 5.74) is 0. The first-order valence-corrected chi connectivity index (χ1v) is 7.82. The normalized spacial score (nSPS) is 18.0. The summed E-state index contributed by atoms with van der Waals surface area (Å²) < 4.78 is 9.80. The Balaban J connectivity index is 1.84. The van der Waals surface area contributed by atoms with Gasteiger partial charge in [0.2, 0.25) is 17.7 Å². The summed E-state index contributed by atoms with van der Waals surface area (Å²) in [5.74, 6) is 0.966. The Morgan fingerprint density at radius 1 is 1.48 bits per heavy atom. The Morgan fingerprint density at radius 3 is 2.91 bits per heavy atom. The second kappa shape index (κ2) is 8.05. The maximum absolute atomic E-state index is 12.5. The first kappa shape index (κ1) is 17.4. The molecule has 0 aliphatic carbocycles. The van der Waals surface area contributed by atoms with Gasteiger partial charge in [-0.3, -0.25) is 9.59 Å². The molecule has 128 valence electrons. The van der Waals surface area contributed by atoms with Gasteiger partial charge in [0, 0.05) is 47.1 Å². The Kier molecular flexibility index (Phi) is 6.09. The highest BCUT2D eigenvalue weighted by Crippen LogP contribution is 2.19. The van der Waals surface area contributed by atoms with Crippen molar-refractivity contribution in [3.8, 4) is 0 Å². The Labute approximate surface area is 135 Å². The highest BCUT2D eigenvalue weighted by Gasteiger charge is 2.30. The molecule has 1 aliphatic rings. The number of carbonyl (C=O) groups is 2. The van der Waals surface area contributed by atoms with Crippen molar-refractivity contribution < 1.29 is 18.8 Å². The van der Waals surface area contributed by atoms with Gasteiger partial charge in [0.1, 0.15) is 6.61 Å². The summed E-state index contributed by atoms with van der Waals surface area (Å²) >= 11 is 0. The third-order valence-corrected chi connectivity index (χ3v) is 4.01. The van der Waals surface area contributed by atoms with Crippen LogP contribution in [0.1, 0.15) is 24.6 Å². The van der Waals surface area contributed by atoms with Gasteiger partial charge < -0.3 is 19.1 Å². The summed E-state index contributed by atoms with van der Waals surface area (Å²) in [5, 5.41) is 3.82. The minimum atomic E-state index is -0.151. The van der Waals surface area contributed by atoms with E-state index in [2.05, 4.69) is 10.1 Å². The number of rotatable bonds is 6. The monoisotopic (exact) mass is 324 g/mol. The van der Waals surface area contributed by atoms with Crippen molar-refractivity contribution in [1.29, 1.82) is 0 Å². The molecule has 23 heavy (non-hydrogen) atoms. The minimum Gasteiger partial charge on any atom is -0.375 e. The van der Waals surface area contributed by atoms with Crippen LogP contribution in [0, 0.1) is 12.8 Å². The van der Waals surface area contributed by atoms with Crippen molar-refractivity contribution >= 4 is 11.8 Å². The number of ether oxygens (including phenoxy) is 1. The van der Waals surface area contributed by atoms with Crippen molar-refractivity contribution in [2.45, 2.75) is 26.2 Å². The lowest BCUT2D eigenvalue weighted by atomic mass is 9.96. The Hall–Kier alpha value is -1.96. The van der Waals surface area contributed by atoms with Gasteiger partial charge in [-0.15, -0.1) is 0 Å². The highest BCUT2D eigenvalue weighted by atomic mass is 16.5.